The van der Waals surface area contributed by atoms with Crippen LogP contribution in [-0.4, -0.2) is 28.1 Å². The fourth-order valence-electron chi connectivity index (χ4n) is 1.53. The molecule has 2 heterocycles. The summed E-state index contributed by atoms with van der Waals surface area (Å²) in [6, 6.07) is 3.51. The third-order valence-electron chi connectivity index (χ3n) is 2.65. The van der Waals surface area contributed by atoms with Gasteiger partial charge in [0.25, 0.3) is 5.91 Å². The Morgan fingerprint density at radius 2 is 2.33 bits per heavy atom. The number of pyridine rings is 1. The Balaban J connectivity index is 2.01. The molecule has 0 saturated heterocycles. The van der Waals surface area contributed by atoms with Gasteiger partial charge in [0.05, 0.1) is 6.20 Å². The van der Waals surface area contributed by atoms with Gasteiger partial charge in [0.15, 0.2) is 0 Å². The van der Waals surface area contributed by atoms with Crippen LogP contribution < -0.4 is 10.6 Å². The molecule has 1 amide bonds. The maximum atomic E-state index is 11.9. The SMILES string of the molecule is CNc1ccnc(C(=O)NCc2cn[nH]c2C)c1. The van der Waals surface area contributed by atoms with Crippen molar-refractivity contribution in [3.8, 4) is 0 Å². The summed E-state index contributed by atoms with van der Waals surface area (Å²) in [6.07, 6.45) is 3.30. The third kappa shape index (κ3) is 2.65. The van der Waals surface area contributed by atoms with E-state index in [4.69, 9.17) is 0 Å². The zero-order valence-corrected chi connectivity index (χ0v) is 10.3. The number of carbonyl (C=O) groups excluding carboxylic acids is 1. The Hall–Kier alpha value is -2.37. The highest BCUT2D eigenvalue weighted by atomic mass is 16.1. The minimum absolute atomic E-state index is 0.201. The van der Waals surface area contributed by atoms with E-state index in [-0.39, 0.29) is 5.91 Å². The number of carbonyl (C=O) groups is 1. The second-order valence-corrected chi connectivity index (χ2v) is 3.88. The number of amides is 1. The molecule has 0 aliphatic carbocycles. The van der Waals surface area contributed by atoms with Gasteiger partial charge in [0.2, 0.25) is 0 Å². The molecule has 0 aliphatic rings. The lowest BCUT2D eigenvalue weighted by molar-refractivity contribution is 0.0946. The van der Waals surface area contributed by atoms with Crippen LogP contribution in [0.2, 0.25) is 0 Å². The predicted molar refractivity (Wildman–Crippen MR) is 68.3 cm³/mol. The summed E-state index contributed by atoms with van der Waals surface area (Å²) in [5, 5.41) is 12.5. The number of aromatic amines is 1. The molecule has 0 spiro atoms. The smallest absolute Gasteiger partial charge is 0.270 e. The molecule has 0 radical (unpaired) electrons. The molecule has 6 heteroatoms. The number of H-pyrrole nitrogens is 1. The highest BCUT2D eigenvalue weighted by Crippen LogP contribution is 2.07. The summed E-state index contributed by atoms with van der Waals surface area (Å²) in [5.74, 6) is -0.201. The maximum absolute atomic E-state index is 11.9. The van der Waals surface area contributed by atoms with E-state index < -0.39 is 0 Å². The average Bonchev–Trinajstić information content (AvgIpc) is 2.81. The molecular formula is C12H15N5O. The molecule has 6 nitrogen and oxygen atoms in total. The molecule has 2 aromatic heterocycles. The summed E-state index contributed by atoms with van der Waals surface area (Å²) in [6.45, 7) is 2.35. The molecule has 18 heavy (non-hydrogen) atoms. The fraction of sp³-hybridized carbons (Fsp3) is 0.250. The number of anilines is 1. The number of rotatable bonds is 4. The highest BCUT2D eigenvalue weighted by Gasteiger charge is 2.08. The van der Waals surface area contributed by atoms with Crippen LogP contribution in [0.15, 0.2) is 24.5 Å². The molecule has 3 N–H and O–H groups in total. The minimum Gasteiger partial charge on any atom is -0.388 e. The van der Waals surface area contributed by atoms with Crippen molar-refractivity contribution in [2.75, 3.05) is 12.4 Å². The van der Waals surface area contributed by atoms with E-state index in [9.17, 15) is 4.79 Å². The van der Waals surface area contributed by atoms with Crippen LogP contribution in [0.1, 0.15) is 21.7 Å². The molecule has 2 rings (SSSR count). The summed E-state index contributed by atoms with van der Waals surface area (Å²) in [7, 11) is 1.80. The van der Waals surface area contributed by atoms with Gasteiger partial charge in [-0.2, -0.15) is 5.10 Å². The van der Waals surface area contributed by atoms with Crippen LogP contribution in [0.4, 0.5) is 5.69 Å². The van der Waals surface area contributed by atoms with Crippen molar-refractivity contribution in [3.05, 3.63) is 41.5 Å². The molecule has 0 bridgehead atoms. The van der Waals surface area contributed by atoms with Crippen molar-refractivity contribution < 1.29 is 4.79 Å². The van der Waals surface area contributed by atoms with E-state index in [0.717, 1.165) is 16.9 Å². The van der Waals surface area contributed by atoms with Crippen LogP contribution in [-0.2, 0) is 6.54 Å². The van der Waals surface area contributed by atoms with Gasteiger partial charge in [-0.25, -0.2) is 0 Å². The normalized spacial score (nSPS) is 10.1. The summed E-state index contributed by atoms with van der Waals surface area (Å²) in [5.41, 5.74) is 3.16. The topological polar surface area (TPSA) is 82.7 Å². The number of aromatic nitrogens is 3. The van der Waals surface area contributed by atoms with Gasteiger partial charge >= 0.3 is 0 Å². The van der Waals surface area contributed by atoms with Crippen molar-refractivity contribution in [1.82, 2.24) is 20.5 Å². The van der Waals surface area contributed by atoms with Gasteiger partial charge in [-0.3, -0.25) is 14.9 Å². The Kier molecular flexibility index (Phi) is 3.57. The largest absolute Gasteiger partial charge is 0.388 e. The van der Waals surface area contributed by atoms with Gasteiger partial charge in [0.1, 0.15) is 5.69 Å². The van der Waals surface area contributed by atoms with E-state index in [1.807, 2.05) is 6.92 Å². The molecule has 0 saturated carbocycles. The second kappa shape index (κ2) is 5.31. The Labute approximate surface area is 105 Å². The molecule has 0 fully saturated rings. The second-order valence-electron chi connectivity index (χ2n) is 3.88. The minimum atomic E-state index is -0.201. The van der Waals surface area contributed by atoms with E-state index in [2.05, 4.69) is 25.8 Å². The van der Waals surface area contributed by atoms with Crippen molar-refractivity contribution in [2.45, 2.75) is 13.5 Å². The van der Waals surface area contributed by atoms with E-state index in [1.54, 1.807) is 31.6 Å². The van der Waals surface area contributed by atoms with Crippen molar-refractivity contribution >= 4 is 11.6 Å². The molecule has 0 aromatic carbocycles. The first-order valence-electron chi connectivity index (χ1n) is 5.61. The fourth-order valence-corrected chi connectivity index (χ4v) is 1.53. The van der Waals surface area contributed by atoms with E-state index >= 15 is 0 Å². The quantitative estimate of drug-likeness (QED) is 0.753. The van der Waals surface area contributed by atoms with Gasteiger partial charge in [-0.05, 0) is 19.1 Å². The van der Waals surface area contributed by atoms with Gasteiger partial charge in [-0.1, -0.05) is 0 Å². The lowest BCUT2D eigenvalue weighted by Crippen LogP contribution is -2.24. The van der Waals surface area contributed by atoms with Crippen LogP contribution >= 0.6 is 0 Å². The van der Waals surface area contributed by atoms with Gasteiger partial charge in [-0.15, -0.1) is 0 Å². The lowest BCUT2D eigenvalue weighted by atomic mass is 10.2. The van der Waals surface area contributed by atoms with E-state index in [0.29, 0.717) is 12.2 Å². The Morgan fingerprint density at radius 3 is 3.00 bits per heavy atom. The standard InChI is InChI=1S/C12H15N5O/c1-8-9(7-16-17-8)6-15-12(18)11-5-10(13-2)3-4-14-11/h3-5,7H,6H2,1-2H3,(H,13,14)(H,15,18)(H,16,17). The van der Waals surface area contributed by atoms with Crippen molar-refractivity contribution in [1.29, 1.82) is 0 Å². The van der Waals surface area contributed by atoms with Crippen LogP contribution in [0.5, 0.6) is 0 Å². The predicted octanol–water partition coefficient (Wildman–Crippen LogP) is 1.08. The van der Waals surface area contributed by atoms with Crippen LogP contribution in [0.3, 0.4) is 0 Å². The lowest BCUT2D eigenvalue weighted by Gasteiger charge is -2.05. The number of nitrogens with one attached hydrogen (secondary N) is 3. The monoisotopic (exact) mass is 245 g/mol. The Bertz CT molecular complexity index is 549. The third-order valence-corrected chi connectivity index (χ3v) is 2.65. The maximum Gasteiger partial charge on any atom is 0.270 e. The number of hydrogen-bond donors (Lipinski definition) is 3. The van der Waals surface area contributed by atoms with Crippen molar-refractivity contribution in [2.24, 2.45) is 0 Å². The Morgan fingerprint density at radius 1 is 1.50 bits per heavy atom. The first kappa shape index (κ1) is 12.1. The average molecular weight is 245 g/mol. The zero-order chi connectivity index (χ0) is 13.0. The number of hydrogen-bond acceptors (Lipinski definition) is 4. The molecule has 94 valence electrons. The van der Waals surface area contributed by atoms with Gasteiger partial charge < -0.3 is 10.6 Å². The summed E-state index contributed by atoms with van der Waals surface area (Å²) in [4.78, 5) is 15.9. The van der Waals surface area contributed by atoms with Crippen molar-refractivity contribution in [3.63, 3.8) is 0 Å². The van der Waals surface area contributed by atoms with Crippen LogP contribution in [0.25, 0.3) is 0 Å². The molecule has 0 unspecified atom stereocenters. The molecule has 0 aliphatic heterocycles. The van der Waals surface area contributed by atoms with Crippen LogP contribution in [0, 0.1) is 6.92 Å². The van der Waals surface area contributed by atoms with E-state index in [1.165, 1.54) is 0 Å². The molecule has 0 atom stereocenters. The molecular weight excluding hydrogens is 230 g/mol. The first-order valence-corrected chi connectivity index (χ1v) is 5.61. The first-order chi connectivity index (χ1) is 8.70. The highest BCUT2D eigenvalue weighted by molar-refractivity contribution is 5.93. The number of nitrogens with zero attached hydrogens (tertiary/aromatic N) is 2. The zero-order valence-electron chi connectivity index (χ0n) is 10.3. The van der Waals surface area contributed by atoms with Gasteiger partial charge in [0, 0.05) is 36.7 Å². The molecule has 2 aromatic rings. The summed E-state index contributed by atoms with van der Waals surface area (Å²) >= 11 is 0. The number of aryl methyl sites for hydroxylation is 1. The summed E-state index contributed by atoms with van der Waals surface area (Å²) < 4.78 is 0.